The fourth-order valence-electron chi connectivity index (χ4n) is 2.35. The van der Waals surface area contributed by atoms with Gasteiger partial charge in [-0.2, -0.15) is 0 Å². The average molecular weight is 189 g/mol. The van der Waals surface area contributed by atoms with Crippen LogP contribution in [0.5, 0.6) is 0 Å². The molecule has 0 bridgehead atoms. The summed E-state index contributed by atoms with van der Waals surface area (Å²) in [4.78, 5) is 2.58. The Bertz CT molecular complexity index is 268. The van der Waals surface area contributed by atoms with Crippen molar-refractivity contribution in [2.45, 2.75) is 25.7 Å². The Morgan fingerprint density at radius 3 is 2.79 bits per heavy atom. The van der Waals surface area contributed by atoms with E-state index in [9.17, 15) is 0 Å². The Kier molecular flexibility index (Phi) is 3.20. The van der Waals surface area contributed by atoms with Gasteiger partial charge in [0.15, 0.2) is 0 Å². The molecule has 1 heteroatoms. The number of rotatable bonds is 3. The fraction of sp³-hybridized carbons (Fsp3) is 0.538. The van der Waals surface area contributed by atoms with Crippen molar-refractivity contribution in [1.82, 2.24) is 4.90 Å². The van der Waals surface area contributed by atoms with Gasteiger partial charge in [0.25, 0.3) is 0 Å². The molecule has 1 saturated heterocycles. The molecule has 0 aromatic heterocycles. The van der Waals surface area contributed by atoms with Gasteiger partial charge in [0.2, 0.25) is 0 Å². The molecule has 2 rings (SSSR count). The molecule has 76 valence electrons. The third-order valence-corrected chi connectivity index (χ3v) is 3.08. The van der Waals surface area contributed by atoms with Crippen molar-refractivity contribution < 1.29 is 0 Å². The van der Waals surface area contributed by atoms with E-state index < -0.39 is 0 Å². The zero-order chi connectivity index (χ0) is 9.80. The minimum Gasteiger partial charge on any atom is -0.303 e. The lowest BCUT2D eigenvalue weighted by Gasteiger charge is -2.14. The molecule has 1 aromatic carbocycles. The molecule has 1 nitrogen and oxygen atoms in total. The average Bonchev–Trinajstić information content (AvgIpc) is 2.68. The third kappa shape index (κ3) is 2.16. The minimum absolute atomic E-state index is 0.780. The summed E-state index contributed by atoms with van der Waals surface area (Å²) in [6.07, 6.45) is 2.62. The highest BCUT2D eigenvalue weighted by molar-refractivity contribution is 5.20. The molecule has 0 aliphatic carbocycles. The molecule has 1 atom stereocenters. The van der Waals surface area contributed by atoms with Crippen molar-refractivity contribution >= 4 is 0 Å². The first kappa shape index (κ1) is 9.72. The topological polar surface area (TPSA) is 3.24 Å². The zero-order valence-corrected chi connectivity index (χ0v) is 8.95. The van der Waals surface area contributed by atoms with E-state index >= 15 is 0 Å². The standard InChI is InChI=1S/C13H19N/c1-2-9-14-10-8-13(11-14)12-6-4-3-5-7-12/h3-7,13H,2,8-11H2,1H3/t13-/m1/s1. The van der Waals surface area contributed by atoms with Crippen LogP contribution in [0.3, 0.4) is 0 Å². The molecule has 0 saturated carbocycles. The maximum Gasteiger partial charge on any atom is 0.00507 e. The second kappa shape index (κ2) is 4.61. The first-order chi connectivity index (χ1) is 6.90. The number of nitrogens with zero attached hydrogens (tertiary/aromatic N) is 1. The Hall–Kier alpha value is -0.820. The maximum atomic E-state index is 2.58. The van der Waals surface area contributed by atoms with Crippen LogP contribution in [0.25, 0.3) is 0 Å². The van der Waals surface area contributed by atoms with E-state index in [1.165, 1.54) is 38.0 Å². The van der Waals surface area contributed by atoms with Gasteiger partial charge >= 0.3 is 0 Å². The van der Waals surface area contributed by atoms with Crippen LogP contribution in [0.1, 0.15) is 31.2 Å². The van der Waals surface area contributed by atoms with E-state index in [-0.39, 0.29) is 0 Å². The van der Waals surface area contributed by atoms with Gasteiger partial charge in [-0.1, -0.05) is 37.3 Å². The number of benzene rings is 1. The van der Waals surface area contributed by atoms with E-state index in [2.05, 4.69) is 42.2 Å². The molecule has 1 heterocycles. The number of likely N-dealkylation sites (tertiary alicyclic amines) is 1. The Morgan fingerprint density at radius 2 is 2.07 bits per heavy atom. The van der Waals surface area contributed by atoms with Gasteiger partial charge in [-0.15, -0.1) is 0 Å². The van der Waals surface area contributed by atoms with Crippen LogP contribution < -0.4 is 0 Å². The summed E-state index contributed by atoms with van der Waals surface area (Å²) in [7, 11) is 0. The summed E-state index contributed by atoms with van der Waals surface area (Å²) in [5, 5.41) is 0. The van der Waals surface area contributed by atoms with Crippen molar-refractivity contribution in [1.29, 1.82) is 0 Å². The smallest absolute Gasteiger partial charge is 0.00507 e. The highest BCUT2D eigenvalue weighted by Crippen LogP contribution is 2.26. The summed E-state index contributed by atoms with van der Waals surface area (Å²) in [6.45, 7) is 6.07. The minimum atomic E-state index is 0.780. The van der Waals surface area contributed by atoms with Gasteiger partial charge in [0.1, 0.15) is 0 Å². The van der Waals surface area contributed by atoms with E-state index in [1.54, 1.807) is 0 Å². The molecule has 0 N–H and O–H groups in total. The maximum absolute atomic E-state index is 2.58. The molecule has 14 heavy (non-hydrogen) atoms. The first-order valence-corrected chi connectivity index (χ1v) is 5.67. The van der Waals surface area contributed by atoms with Crippen molar-refractivity contribution in [2.75, 3.05) is 19.6 Å². The Labute approximate surface area is 86.7 Å². The van der Waals surface area contributed by atoms with Crippen LogP contribution in [0, 0.1) is 0 Å². The van der Waals surface area contributed by atoms with Crippen LogP contribution in [-0.4, -0.2) is 24.5 Å². The van der Waals surface area contributed by atoms with Crippen molar-refractivity contribution in [3.8, 4) is 0 Å². The lowest BCUT2D eigenvalue weighted by Crippen LogP contribution is -2.20. The lowest BCUT2D eigenvalue weighted by molar-refractivity contribution is 0.335. The number of hydrogen-bond donors (Lipinski definition) is 0. The van der Waals surface area contributed by atoms with Crippen molar-refractivity contribution in [2.24, 2.45) is 0 Å². The van der Waals surface area contributed by atoms with Gasteiger partial charge in [0.05, 0.1) is 0 Å². The van der Waals surface area contributed by atoms with Crippen LogP contribution in [0.4, 0.5) is 0 Å². The largest absolute Gasteiger partial charge is 0.303 e. The quantitative estimate of drug-likeness (QED) is 0.706. The highest BCUT2D eigenvalue weighted by Gasteiger charge is 2.22. The molecule has 0 spiro atoms. The Morgan fingerprint density at radius 1 is 1.29 bits per heavy atom. The van der Waals surface area contributed by atoms with Gasteiger partial charge in [-0.25, -0.2) is 0 Å². The van der Waals surface area contributed by atoms with Crippen LogP contribution >= 0.6 is 0 Å². The Balaban J connectivity index is 1.96. The van der Waals surface area contributed by atoms with Crippen molar-refractivity contribution in [3.05, 3.63) is 35.9 Å². The summed E-state index contributed by atoms with van der Waals surface area (Å²) >= 11 is 0. The van der Waals surface area contributed by atoms with E-state index in [4.69, 9.17) is 0 Å². The summed E-state index contributed by atoms with van der Waals surface area (Å²) in [6, 6.07) is 10.9. The summed E-state index contributed by atoms with van der Waals surface area (Å²) in [5.41, 5.74) is 1.52. The SMILES string of the molecule is CCCN1CC[C@@H](c2ccccc2)C1. The molecule has 1 fully saturated rings. The normalized spacial score (nSPS) is 22.8. The van der Waals surface area contributed by atoms with E-state index in [0.29, 0.717) is 0 Å². The molecule has 0 amide bonds. The van der Waals surface area contributed by atoms with Crippen LogP contribution in [-0.2, 0) is 0 Å². The second-order valence-electron chi connectivity index (χ2n) is 4.20. The van der Waals surface area contributed by atoms with E-state index in [1.807, 2.05) is 0 Å². The van der Waals surface area contributed by atoms with Gasteiger partial charge < -0.3 is 4.90 Å². The molecular weight excluding hydrogens is 170 g/mol. The van der Waals surface area contributed by atoms with Crippen LogP contribution in [0.2, 0.25) is 0 Å². The van der Waals surface area contributed by atoms with Crippen molar-refractivity contribution in [3.63, 3.8) is 0 Å². The third-order valence-electron chi connectivity index (χ3n) is 3.08. The van der Waals surface area contributed by atoms with Gasteiger partial charge in [0, 0.05) is 6.54 Å². The summed E-state index contributed by atoms with van der Waals surface area (Å²) < 4.78 is 0. The zero-order valence-electron chi connectivity index (χ0n) is 8.95. The molecule has 0 radical (unpaired) electrons. The molecule has 1 aliphatic rings. The molecule has 0 unspecified atom stereocenters. The van der Waals surface area contributed by atoms with Gasteiger partial charge in [-0.3, -0.25) is 0 Å². The molecule has 1 aromatic rings. The monoisotopic (exact) mass is 189 g/mol. The molecular formula is C13H19N. The predicted molar refractivity (Wildman–Crippen MR) is 60.5 cm³/mol. The van der Waals surface area contributed by atoms with Crippen LogP contribution in [0.15, 0.2) is 30.3 Å². The van der Waals surface area contributed by atoms with Gasteiger partial charge in [-0.05, 0) is 37.4 Å². The second-order valence-corrected chi connectivity index (χ2v) is 4.20. The first-order valence-electron chi connectivity index (χ1n) is 5.67. The molecule has 1 aliphatic heterocycles. The van der Waals surface area contributed by atoms with E-state index in [0.717, 1.165) is 5.92 Å². The number of hydrogen-bond acceptors (Lipinski definition) is 1. The fourth-order valence-corrected chi connectivity index (χ4v) is 2.35. The highest BCUT2D eigenvalue weighted by atomic mass is 15.1. The summed E-state index contributed by atoms with van der Waals surface area (Å²) in [5.74, 6) is 0.780. The lowest BCUT2D eigenvalue weighted by atomic mass is 9.99. The predicted octanol–water partition coefficient (Wildman–Crippen LogP) is 2.89.